The molecule has 1 aromatic rings. The summed E-state index contributed by atoms with van der Waals surface area (Å²) in [6, 6.07) is 2.15. The van der Waals surface area contributed by atoms with Crippen molar-refractivity contribution in [3.8, 4) is 5.75 Å². The zero-order valence-electron chi connectivity index (χ0n) is 14.7. The van der Waals surface area contributed by atoms with E-state index in [1.165, 1.54) is 18.1 Å². The molecule has 0 aliphatic carbocycles. The third kappa shape index (κ3) is 3.65. The fraction of sp³-hybridized carbons (Fsp3) is 0.556. The molecule has 0 aromatic heterocycles. The highest BCUT2D eigenvalue weighted by atomic mass is 19.2. The lowest BCUT2D eigenvalue weighted by Crippen LogP contribution is -2.49. The van der Waals surface area contributed by atoms with Crippen LogP contribution in [0.4, 0.5) is 8.78 Å². The van der Waals surface area contributed by atoms with Crippen molar-refractivity contribution in [3.05, 3.63) is 29.3 Å². The molecular weight excluding hydrogens is 346 g/mol. The van der Waals surface area contributed by atoms with E-state index in [0.29, 0.717) is 45.7 Å². The number of carbonyl (C=O) groups excluding carboxylic acids is 2. The fourth-order valence-corrected chi connectivity index (χ4v) is 3.47. The number of ether oxygens (including phenoxy) is 2. The molecule has 6 nitrogen and oxygen atoms in total. The molecule has 0 bridgehead atoms. The Morgan fingerprint density at radius 3 is 2.58 bits per heavy atom. The van der Waals surface area contributed by atoms with Crippen molar-refractivity contribution in [2.75, 3.05) is 46.5 Å². The average molecular weight is 368 g/mol. The summed E-state index contributed by atoms with van der Waals surface area (Å²) in [4.78, 5) is 28.6. The predicted octanol–water partition coefficient (Wildman–Crippen LogP) is 1.68. The van der Waals surface area contributed by atoms with Crippen LogP contribution in [0.3, 0.4) is 0 Å². The average Bonchev–Trinajstić information content (AvgIpc) is 2.69. The van der Waals surface area contributed by atoms with Crippen LogP contribution in [-0.4, -0.2) is 68.1 Å². The molecular formula is C18H22F2N2O4. The van der Waals surface area contributed by atoms with Gasteiger partial charge < -0.3 is 19.3 Å². The molecule has 2 heterocycles. The summed E-state index contributed by atoms with van der Waals surface area (Å²) in [6.07, 6.45) is 1.30. The molecule has 2 amide bonds. The minimum Gasteiger partial charge on any atom is -0.496 e. The Hall–Kier alpha value is -2.22. The number of hydrogen-bond acceptors (Lipinski definition) is 4. The van der Waals surface area contributed by atoms with Crippen molar-refractivity contribution in [1.82, 2.24) is 9.80 Å². The number of nitrogens with zero attached hydrogens (tertiary/aromatic N) is 2. The fourth-order valence-electron chi connectivity index (χ4n) is 3.47. The van der Waals surface area contributed by atoms with Gasteiger partial charge in [-0.25, -0.2) is 8.78 Å². The number of likely N-dealkylation sites (tertiary alicyclic amines) is 1. The Kier molecular flexibility index (Phi) is 5.70. The second-order valence-electron chi connectivity index (χ2n) is 6.47. The van der Waals surface area contributed by atoms with Crippen LogP contribution in [0, 0.1) is 17.6 Å². The summed E-state index contributed by atoms with van der Waals surface area (Å²) in [5.41, 5.74) is -0.424. The first-order chi connectivity index (χ1) is 12.5. The molecule has 2 aliphatic rings. The van der Waals surface area contributed by atoms with E-state index in [2.05, 4.69) is 0 Å². The molecule has 2 fully saturated rings. The normalized spacial score (nSPS) is 20.8. The molecule has 2 saturated heterocycles. The molecule has 0 radical (unpaired) electrons. The van der Waals surface area contributed by atoms with Gasteiger partial charge in [0.1, 0.15) is 11.3 Å². The zero-order valence-corrected chi connectivity index (χ0v) is 14.7. The van der Waals surface area contributed by atoms with Gasteiger partial charge in [-0.05, 0) is 25.0 Å². The summed E-state index contributed by atoms with van der Waals surface area (Å²) in [7, 11) is 1.30. The second-order valence-corrected chi connectivity index (χ2v) is 6.47. The topological polar surface area (TPSA) is 59.1 Å². The zero-order chi connectivity index (χ0) is 18.7. The maximum atomic E-state index is 14.2. The van der Waals surface area contributed by atoms with Crippen molar-refractivity contribution in [2.45, 2.75) is 12.8 Å². The Bertz CT molecular complexity index is 692. The first kappa shape index (κ1) is 18.6. The lowest BCUT2D eigenvalue weighted by atomic mass is 9.95. The number of rotatable bonds is 3. The molecule has 1 atom stereocenters. The van der Waals surface area contributed by atoms with Crippen LogP contribution in [0.1, 0.15) is 23.2 Å². The summed E-state index contributed by atoms with van der Waals surface area (Å²) in [5.74, 6) is -3.36. The van der Waals surface area contributed by atoms with Crippen molar-refractivity contribution in [1.29, 1.82) is 0 Å². The summed E-state index contributed by atoms with van der Waals surface area (Å²) >= 11 is 0. The van der Waals surface area contributed by atoms with E-state index in [4.69, 9.17) is 9.47 Å². The second kappa shape index (κ2) is 7.99. The van der Waals surface area contributed by atoms with Crippen LogP contribution >= 0.6 is 0 Å². The van der Waals surface area contributed by atoms with E-state index < -0.39 is 23.1 Å². The summed E-state index contributed by atoms with van der Waals surface area (Å²) in [5, 5.41) is 0. The van der Waals surface area contributed by atoms with Crippen LogP contribution < -0.4 is 4.74 Å². The highest BCUT2D eigenvalue weighted by molar-refractivity contribution is 5.97. The molecule has 26 heavy (non-hydrogen) atoms. The van der Waals surface area contributed by atoms with E-state index in [9.17, 15) is 18.4 Å². The number of methoxy groups -OCH3 is 1. The van der Waals surface area contributed by atoms with Crippen LogP contribution in [0.5, 0.6) is 5.75 Å². The molecule has 0 spiro atoms. The van der Waals surface area contributed by atoms with Crippen LogP contribution in [0.25, 0.3) is 0 Å². The number of amides is 2. The number of morpholine rings is 1. The molecule has 1 unspecified atom stereocenters. The van der Waals surface area contributed by atoms with Crippen molar-refractivity contribution in [2.24, 2.45) is 5.92 Å². The van der Waals surface area contributed by atoms with Crippen molar-refractivity contribution in [3.63, 3.8) is 0 Å². The summed E-state index contributed by atoms with van der Waals surface area (Å²) < 4.78 is 38.1. The Morgan fingerprint density at radius 2 is 1.88 bits per heavy atom. The number of hydrogen-bond donors (Lipinski definition) is 0. The van der Waals surface area contributed by atoms with Gasteiger partial charge in [0.2, 0.25) is 5.91 Å². The van der Waals surface area contributed by atoms with Gasteiger partial charge in [0.15, 0.2) is 11.6 Å². The highest BCUT2D eigenvalue weighted by Gasteiger charge is 2.34. The van der Waals surface area contributed by atoms with E-state index in [-0.39, 0.29) is 24.1 Å². The maximum absolute atomic E-state index is 14.2. The van der Waals surface area contributed by atoms with E-state index in [1.807, 2.05) is 0 Å². The Morgan fingerprint density at radius 1 is 1.15 bits per heavy atom. The van der Waals surface area contributed by atoms with Gasteiger partial charge in [0.05, 0.1) is 26.2 Å². The molecule has 0 saturated carbocycles. The predicted molar refractivity (Wildman–Crippen MR) is 88.9 cm³/mol. The van der Waals surface area contributed by atoms with Crippen molar-refractivity contribution >= 4 is 11.8 Å². The van der Waals surface area contributed by atoms with Gasteiger partial charge >= 0.3 is 0 Å². The molecule has 1 aromatic carbocycles. The molecule has 0 N–H and O–H groups in total. The Labute approximate surface area is 150 Å². The lowest BCUT2D eigenvalue weighted by Gasteiger charge is -2.36. The number of piperidine rings is 1. The van der Waals surface area contributed by atoms with Crippen LogP contribution in [0.15, 0.2) is 12.1 Å². The number of carbonyl (C=O) groups is 2. The van der Waals surface area contributed by atoms with Crippen LogP contribution in [-0.2, 0) is 9.53 Å². The largest absolute Gasteiger partial charge is 0.496 e. The van der Waals surface area contributed by atoms with E-state index in [0.717, 1.165) is 6.07 Å². The number of halogens is 2. The van der Waals surface area contributed by atoms with Crippen molar-refractivity contribution < 1.29 is 27.8 Å². The van der Waals surface area contributed by atoms with Gasteiger partial charge in [-0.15, -0.1) is 0 Å². The first-order valence-electron chi connectivity index (χ1n) is 8.70. The minimum absolute atomic E-state index is 0.0162. The van der Waals surface area contributed by atoms with E-state index >= 15 is 0 Å². The molecule has 3 rings (SSSR count). The first-order valence-corrected chi connectivity index (χ1v) is 8.70. The van der Waals surface area contributed by atoms with Gasteiger partial charge in [0, 0.05) is 26.2 Å². The van der Waals surface area contributed by atoms with Gasteiger partial charge in [0.25, 0.3) is 5.91 Å². The number of benzene rings is 1. The third-order valence-corrected chi connectivity index (χ3v) is 4.87. The van der Waals surface area contributed by atoms with Gasteiger partial charge in [-0.1, -0.05) is 0 Å². The quantitative estimate of drug-likeness (QED) is 0.815. The molecule has 142 valence electrons. The van der Waals surface area contributed by atoms with E-state index in [1.54, 1.807) is 4.90 Å². The molecule has 8 heteroatoms. The van der Waals surface area contributed by atoms with Gasteiger partial charge in [-0.3, -0.25) is 9.59 Å². The smallest absolute Gasteiger partial charge is 0.260 e. The highest BCUT2D eigenvalue weighted by Crippen LogP contribution is 2.28. The van der Waals surface area contributed by atoms with Crippen LogP contribution in [0.2, 0.25) is 0 Å². The lowest BCUT2D eigenvalue weighted by molar-refractivity contribution is -0.141. The third-order valence-electron chi connectivity index (χ3n) is 4.87. The maximum Gasteiger partial charge on any atom is 0.260 e. The Balaban J connectivity index is 1.76. The monoisotopic (exact) mass is 368 g/mol. The van der Waals surface area contributed by atoms with Gasteiger partial charge in [-0.2, -0.15) is 0 Å². The molecule has 2 aliphatic heterocycles. The standard InChI is InChI=1S/C18H22F2N2O4/c1-25-14-5-4-13(19)16(20)15(14)18(24)22-6-2-3-12(11-22)17(23)21-7-9-26-10-8-21/h4-5,12H,2-3,6-11H2,1H3. The summed E-state index contributed by atoms with van der Waals surface area (Å²) in [6.45, 7) is 2.67. The SMILES string of the molecule is COc1ccc(F)c(F)c1C(=O)N1CCCC(C(=O)N2CCOCC2)C1. The minimum atomic E-state index is -1.23.